The summed E-state index contributed by atoms with van der Waals surface area (Å²) in [5, 5.41) is 1.10. The van der Waals surface area contributed by atoms with Gasteiger partial charge < -0.3 is 22.2 Å². The first-order chi connectivity index (χ1) is 8.08. The van der Waals surface area contributed by atoms with Crippen LogP contribution in [-0.4, -0.2) is 16.9 Å². The molecule has 0 atom stereocenters. The number of nitrogens with zero attached hydrogens (tertiary/aromatic N) is 2. The van der Waals surface area contributed by atoms with E-state index in [1.165, 1.54) is 0 Å². The summed E-state index contributed by atoms with van der Waals surface area (Å²) in [6, 6.07) is 5.79. The van der Waals surface area contributed by atoms with Crippen molar-refractivity contribution in [2.24, 2.45) is 27.2 Å². The Kier molecular flexibility index (Phi) is 2.70. The highest BCUT2D eigenvalue weighted by atomic mass is 15.1. The molecule has 0 amide bonds. The number of aryl methyl sites for hydroxylation is 1. The van der Waals surface area contributed by atoms with Crippen molar-refractivity contribution >= 4 is 28.5 Å². The van der Waals surface area contributed by atoms with Gasteiger partial charge in [0.15, 0.2) is 5.96 Å². The van der Waals surface area contributed by atoms with Crippen LogP contribution < -0.4 is 17.2 Å². The average Bonchev–Trinajstić information content (AvgIpc) is 2.69. The molecule has 0 aliphatic heterocycles. The molecule has 0 unspecified atom stereocenters. The summed E-state index contributed by atoms with van der Waals surface area (Å²) < 4.78 is 0. The maximum absolute atomic E-state index is 5.59. The molecular weight excluding hydrogens is 216 g/mol. The normalized spacial score (nSPS) is 11.7. The van der Waals surface area contributed by atoms with Crippen molar-refractivity contribution in [1.29, 1.82) is 0 Å². The lowest BCUT2D eigenvalue weighted by molar-refractivity contribution is 1.36. The van der Waals surface area contributed by atoms with Gasteiger partial charge in [-0.05, 0) is 30.7 Å². The summed E-state index contributed by atoms with van der Waals surface area (Å²) in [5.74, 6) is -0.0605. The number of aromatic amines is 1. The number of aliphatic imine (C=N–C) groups is 2. The van der Waals surface area contributed by atoms with E-state index in [9.17, 15) is 0 Å². The quantitative estimate of drug-likeness (QED) is 0.426. The molecule has 2 aromatic rings. The lowest BCUT2D eigenvalue weighted by Gasteiger charge is -2.02. The molecule has 2 rings (SSSR count). The Labute approximate surface area is 98.2 Å². The van der Waals surface area contributed by atoms with Gasteiger partial charge in [0.25, 0.3) is 0 Å². The Bertz CT molecular complexity index is 603. The van der Waals surface area contributed by atoms with Gasteiger partial charge in [0.05, 0.1) is 5.69 Å². The van der Waals surface area contributed by atoms with Gasteiger partial charge in [-0.2, -0.15) is 4.99 Å². The molecular formula is C11H14N6. The SMILES string of the molecule is Cc1c(N=C(N)N=C(N)N)ccc2[nH]ccc12. The average molecular weight is 230 g/mol. The van der Waals surface area contributed by atoms with Crippen molar-refractivity contribution in [3.8, 4) is 0 Å². The summed E-state index contributed by atoms with van der Waals surface area (Å²) in [7, 11) is 0. The summed E-state index contributed by atoms with van der Waals surface area (Å²) in [6.45, 7) is 1.97. The summed E-state index contributed by atoms with van der Waals surface area (Å²) >= 11 is 0. The molecule has 1 aromatic heterocycles. The number of benzene rings is 1. The number of rotatable bonds is 1. The zero-order valence-corrected chi connectivity index (χ0v) is 9.44. The van der Waals surface area contributed by atoms with Crippen LogP contribution >= 0.6 is 0 Å². The van der Waals surface area contributed by atoms with Gasteiger partial charge in [-0.3, -0.25) is 0 Å². The molecule has 6 heteroatoms. The standard InChI is InChI=1S/C11H14N6/c1-6-7-4-5-15-9(7)3-2-8(6)16-11(14)17-10(12)13/h2-5,15H,1H3,(H6,12,13,14,16,17). The molecule has 17 heavy (non-hydrogen) atoms. The Hall–Kier alpha value is -2.50. The van der Waals surface area contributed by atoms with Crippen molar-refractivity contribution < 1.29 is 0 Å². The fourth-order valence-corrected chi connectivity index (χ4v) is 1.67. The smallest absolute Gasteiger partial charge is 0.223 e. The van der Waals surface area contributed by atoms with E-state index in [2.05, 4.69) is 15.0 Å². The highest BCUT2D eigenvalue weighted by Crippen LogP contribution is 2.26. The van der Waals surface area contributed by atoms with Crippen LogP contribution in [0.1, 0.15) is 5.56 Å². The number of hydrogen-bond acceptors (Lipinski definition) is 1. The first-order valence-corrected chi connectivity index (χ1v) is 5.08. The van der Waals surface area contributed by atoms with Crippen LogP contribution in [0.5, 0.6) is 0 Å². The van der Waals surface area contributed by atoms with E-state index in [0.717, 1.165) is 22.2 Å². The molecule has 0 fully saturated rings. The predicted molar refractivity (Wildman–Crippen MR) is 70.1 cm³/mol. The van der Waals surface area contributed by atoms with Gasteiger partial charge in [0.2, 0.25) is 5.96 Å². The van der Waals surface area contributed by atoms with E-state index in [-0.39, 0.29) is 11.9 Å². The van der Waals surface area contributed by atoms with Crippen molar-refractivity contribution in [2.75, 3.05) is 0 Å². The van der Waals surface area contributed by atoms with Crippen molar-refractivity contribution in [2.45, 2.75) is 6.92 Å². The molecule has 0 radical (unpaired) electrons. The first kappa shape index (κ1) is 11.0. The summed E-state index contributed by atoms with van der Waals surface area (Å²) in [5.41, 5.74) is 18.9. The fourth-order valence-electron chi connectivity index (χ4n) is 1.67. The maximum Gasteiger partial charge on any atom is 0.223 e. The van der Waals surface area contributed by atoms with E-state index in [1.54, 1.807) is 0 Å². The van der Waals surface area contributed by atoms with Gasteiger partial charge in [-0.1, -0.05) is 0 Å². The number of hydrogen-bond donors (Lipinski definition) is 4. The topological polar surface area (TPSA) is 119 Å². The highest BCUT2D eigenvalue weighted by molar-refractivity contribution is 5.95. The lowest BCUT2D eigenvalue weighted by atomic mass is 10.1. The second kappa shape index (κ2) is 4.17. The Balaban J connectivity index is 2.49. The summed E-state index contributed by atoms with van der Waals surface area (Å²) in [6.07, 6.45) is 1.88. The monoisotopic (exact) mass is 230 g/mol. The molecule has 88 valence electrons. The van der Waals surface area contributed by atoms with Gasteiger partial charge >= 0.3 is 0 Å². The summed E-state index contributed by atoms with van der Waals surface area (Å²) in [4.78, 5) is 11.0. The minimum atomic E-state index is -0.105. The fraction of sp³-hybridized carbons (Fsp3) is 0.0909. The number of guanidine groups is 2. The number of nitrogens with two attached hydrogens (primary N) is 3. The number of H-pyrrole nitrogens is 1. The van der Waals surface area contributed by atoms with Crippen LogP contribution in [0, 0.1) is 6.92 Å². The number of fused-ring (bicyclic) bond motifs is 1. The molecule has 0 bridgehead atoms. The largest absolute Gasteiger partial charge is 0.370 e. The van der Waals surface area contributed by atoms with Crippen LogP contribution in [0.4, 0.5) is 5.69 Å². The van der Waals surface area contributed by atoms with Crippen LogP contribution in [0.25, 0.3) is 10.9 Å². The molecule has 0 spiro atoms. The van der Waals surface area contributed by atoms with Gasteiger partial charge in [-0.25, -0.2) is 4.99 Å². The van der Waals surface area contributed by atoms with Gasteiger partial charge in [-0.15, -0.1) is 0 Å². The predicted octanol–water partition coefficient (Wildman–Crippen LogP) is 0.696. The van der Waals surface area contributed by atoms with Gasteiger partial charge in [0, 0.05) is 17.1 Å². The van der Waals surface area contributed by atoms with E-state index in [0.29, 0.717) is 0 Å². The van der Waals surface area contributed by atoms with Crippen molar-refractivity contribution in [1.82, 2.24) is 4.98 Å². The molecule has 0 aliphatic rings. The number of aromatic nitrogens is 1. The third-order valence-electron chi connectivity index (χ3n) is 2.45. The van der Waals surface area contributed by atoms with Crippen LogP contribution in [-0.2, 0) is 0 Å². The van der Waals surface area contributed by atoms with Crippen molar-refractivity contribution in [3.05, 3.63) is 30.0 Å². The molecule has 0 saturated heterocycles. The minimum absolute atomic E-state index is 0.0444. The second-order valence-electron chi connectivity index (χ2n) is 3.66. The van der Waals surface area contributed by atoms with E-state index < -0.39 is 0 Å². The molecule has 7 N–H and O–H groups in total. The van der Waals surface area contributed by atoms with E-state index >= 15 is 0 Å². The van der Waals surface area contributed by atoms with Crippen LogP contribution in [0.3, 0.4) is 0 Å². The zero-order valence-electron chi connectivity index (χ0n) is 9.44. The Morgan fingerprint density at radius 2 is 1.94 bits per heavy atom. The molecule has 6 nitrogen and oxygen atoms in total. The van der Waals surface area contributed by atoms with Crippen LogP contribution in [0.15, 0.2) is 34.4 Å². The first-order valence-electron chi connectivity index (χ1n) is 5.08. The van der Waals surface area contributed by atoms with E-state index in [1.807, 2.05) is 31.3 Å². The molecule has 1 heterocycles. The highest BCUT2D eigenvalue weighted by Gasteiger charge is 2.03. The molecule has 0 aliphatic carbocycles. The second-order valence-corrected chi connectivity index (χ2v) is 3.66. The third kappa shape index (κ3) is 2.20. The maximum atomic E-state index is 5.59. The third-order valence-corrected chi connectivity index (χ3v) is 2.45. The molecule has 0 saturated carbocycles. The van der Waals surface area contributed by atoms with Crippen molar-refractivity contribution in [3.63, 3.8) is 0 Å². The lowest BCUT2D eigenvalue weighted by Crippen LogP contribution is -2.26. The molecule has 1 aromatic carbocycles. The minimum Gasteiger partial charge on any atom is -0.370 e. The Morgan fingerprint density at radius 3 is 2.65 bits per heavy atom. The Morgan fingerprint density at radius 1 is 1.18 bits per heavy atom. The van der Waals surface area contributed by atoms with E-state index in [4.69, 9.17) is 17.2 Å². The van der Waals surface area contributed by atoms with Gasteiger partial charge in [0.1, 0.15) is 0 Å². The zero-order chi connectivity index (χ0) is 12.4. The number of nitrogens with one attached hydrogen (secondary N) is 1. The van der Waals surface area contributed by atoms with Crippen LogP contribution in [0.2, 0.25) is 0 Å².